The third kappa shape index (κ3) is 3.69. The molecule has 1 aliphatic rings. The van der Waals surface area contributed by atoms with Crippen molar-refractivity contribution in [3.63, 3.8) is 0 Å². The Labute approximate surface area is 127 Å². The van der Waals surface area contributed by atoms with E-state index in [0.29, 0.717) is 19.4 Å². The monoisotopic (exact) mass is 308 g/mol. The second-order valence-electron chi connectivity index (χ2n) is 5.22. The molecule has 1 aliphatic heterocycles. The van der Waals surface area contributed by atoms with Gasteiger partial charge >= 0.3 is 0 Å². The number of benzene rings is 1. The quantitative estimate of drug-likeness (QED) is 0.819. The van der Waals surface area contributed by atoms with Crippen molar-refractivity contribution in [1.29, 1.82) is 0 Å². The summed E-state index contributed by atoms with van der Waals surface area (Å²) in [6.07, 6.45) is 2.57. The van der Waals surface area contributed by atoms with Gasteiger partial charge in [-0.2, -0.15) is 0 Å². The lowest BCUT2D eigenvalue weighted by Crippen LogP contribution is -2.37. The van der Waals surface area contributed by atoms with Crippen molar-refractivity contribution in [2.24, 2.45) is 0 Å². The van der Waals surface area contributed by atoms with Gasteiger partial charge in [-0.25, -0.2) is 8.78 Å². The molecule has 0 radical (unpaired) electrons. The Kier molecular flexibility index (Phi) is 5.25. The number of halogens is 2. The molecule has 22 heavy (non-hydrogen) atoms. The third-order valence-corrected chi connectivity index (χ3v) is 3.69. The van der Waals surface area contributed by atoms with Gasteiger partial charge in [-0.15, -0.1) is 6.58 Å². The molecule has 4 nitrogen and oxygen atoms in total. The maximum absolute atomic E-state index is 13.7. The number of nitrogens with zero attached hydrogens (tertiary/aromatic N) is 1. The lowest BCUT2D eigenvalue weighted by Gasteiger charge is -2.24. The van der Waals surface area contributed by atoms with Gasteiger partial charge in [0.15, 0.2) is 11.6 Å². The summed E-state index contributed by atoms with van der Waals surface area (Å²) in [4.78, 5) is 25.1. The van der Waals surface area contributed by atoms with Gasteiger partial charge in [0, 0.05) is 37.5 Å². The molecule has 1 aromatic rings. The van der Waals surface area contributed by atoms with Crippen LogP contribution in [0.25, 0.3) is 0 Å². The number of nitrogens with one attached hydrogen (secondary N) is 1. The summed E-state index contributed by atoms with van der Waals surface area (Å²) >= 11 is 0. The fourth-order valence-corrected chi connectivity index (χ4v) is 2.55. The molecule has 1 fully saturated rings. The Morgan fingerprint density at radius 3 is 2.95 bits per heavy atom. The first kappa shape index (κ1) is 16.1. The van der Waals surface area contributed by atoms with Crippen molar-refractivity contribution in [2.75, 3.05) is 6.54 Å². The predicted octanol–water partition coefficient (Wildman–Crippen LogP) is 2.15. The molecule has 2 rings (SSSR count). The highest BCUT2D eigenvalue weighted by Gasteiger charge is 2.32. The fourth-order valence-electron chi connectivity index (χ4n) is 2.55. The molecule has 118 valence electrons. The largest absolute Gasteiger partial charge is 0.353 e. The lowest BCUT2D eigenvalue weighted by atomic mass is 10.1. The SMILES string of the molecule is C=CCNC(=O)CC1CCC(=O)N1Cc1cccc(F)c1F. The molecule has 0 bridgehead atoms. The lowest BCUT2D eigenvalue weighted by molar-refractivity contribution is -0.130. The van der Waals surface area contributed by atoms with Gasteiger partial charge in [-0.3, -0.25) is 9.59 Å². The smallest absolute Gasteiger partial charge is 0.223 e. The Hall–Kier alpha value is -2.24. The minimum absolute atomic E-state index is 0.0260. The number of rotatable bonds is 6. The minimum atomic E-state index is -0.947. The van der Waals surface area contributed by atoms with E-state index < -0.39 is 11.6 Å². The number of carbonyl (C=O) groups excluding carboxylic acids is 2. The zero-order valence-electron chi connectivity index (χ0n) is 12.1. The van der Waals surface area contributed by atoms with Crippen LogP contribution >= 0.6 is 0 Å². The van der Waals surface area contributed by atoms with Gasteiger partial charge in [-0.1, -0.05) is 18.2 Å². The van der Waals surface area contributed by atoms with Crippen LogP contribution in [0.1, 0.15) is 24.8 Å². The van der Waals surface area contributed by atoms with Crippen molar-refractivity contribution >= 4 is 11.8 Å². The van der Waals surface area contributed by atoms with Crippen molar-refractivity contribution in [3.05, 3.63) is 48.1 Å². The standard InChI is InChI=1S/C16H18F2N2O2/c1-2-8-19-14(21)9-12-6-7-15(22)20(12)10-11-4-3-5-13(17)16(11)18/h2-5,12H,1,6-10H2,(H,19,21). The fraction of sp³-hybridized carbons (Fsp3) is 0.375. The van der Waals surface area contributed by atoms with E-state index in [0.717, 1.165) is 6.07 Å². The van der Waals surface area contributed by atoms with E-state index in [1.807, 2.05) is 0 Å². The topological polar surface area (TPSA) is 49.4 Å². The summed E-state index contributed by atoms with van der Waals surface area (Å²) in [6, 6.07) is 3.59. The van der Waals surface area contributed by atoms with Crippen molar-refractivity contribution in [1.82, 2.24) is 10.2 Å². The summed E-state index contributed by atoms with van der Waals surface area (Å²) in [5.74, 6) is -2.23. The number of hydrogen-bond acceptors (Lipinski definition) is 2. The van der Waals surface area contributed by atoms with Crippen LogP contribution in [-0.2, 0) is 16.1 Å². The van der Waals surface area contributed by atoms with E-state index in [-0.39, 0.29) is 36.4 Å². The predicted molar refractivity (Wildman–Crippen MR) is 77.8 cm³/mol. The molecule has 1 aromatic carbocycles. The molecule has 1 N–H and O–H groups in total. The molecule has 0 aliphatic carbocycles. The first-order valence-corrected chi connectivity index (χ1v) is 7.13. The van der Waals surface area contributed by atoms with Crippen LogP contribution in [0.5, 0.6) is 0 Å². The van der Waals surface area contributed by atoms with Gasteiger partial charge in [-0.05, 0) is 12.5 Å². The summed E-state index contributed by atoms with van der Waals surface area (Å²) in [7, 11) is 0. The van der Waals surface area contributed by atoms with E-state index in [9.17, 15) is 18.4 Å². The van der Waals surface area contributed by atoms with Crippen molar-refractivity contribution in [3.8, 4) is 0 Å². The van der Waals surface area contributed by atoms with Crippen LogP contribution in [0, 0.1) is 11.6 Å². The van der Waals surface area contributed by atoms with E-state index in [1.54, 1.807) is 6.08 Å². The summed E-state index contributed by atoms with van der Waals surface area (Å²) in [5.41, 5.74) is 0.117. The van der Waals surface area contributed by atoms with Gasteiger partial charge in [0.05, 0.1) is 0 Å². The van der Waals surface area contributed by atoms with Crippen LogP contribution in [0.3, 0.4) is 0 Å². The van der Waals surface area contributed by atoms with Crippen LogP contribution < -0.4 is 5.32 Å². The van der Waals surface area contributed by atoms with E-state index in [1.165, 1.54) is 17.0 Å². The Morgan fingerprint density at radius 1 is 1.45 bits per heavy atom. The summed E-state index contributed by atoms with van der Waals surface area (Å²) in [5, 5.41) is 2.65. The first-order valence-electron chi connectivity index (χ1n) is 7.13. The minimum Gasteiger partial charge on any atom is -0.353 e. The molecule has 0 aromatic heterocycles. The molecule has 6 heteroatoms. The average molecular weight is 308 g/mol. The molecular formula is C16H18F2N2O2. The van der Waals surface area contributed by atoms with Gasteiger partial charge in [0.2, 0.25) is 11.8 Å². The zero-order chi connectivity index (χ0) is 16.1. The highest BCUT2D eigenvalue weighted by Crippen LogP contribution is 2.25. The maximum atomic E-state index is 13.7. The molecular weight excluding hydrogens is 290 g/mol. The molecule has 1 saturated heterocycles. The summed E-state index contributed by atoms with van der Waals surface area (Å²) < 4.78 is 27.0. The number of hydrogen-bond donors (Lipinski definition) is 1. The number of likely N-dealkylation sites (tertiary alicyclic amines) is 1. The number of carbonyl (C=O) groups is 2. The Morgan fingerprint density at radius 2 is 2.23 bits per heavy atom. The molecule has 0 spiro atoms. The normalized spacial score (nSPS) is 17.6. The molecule has 1 atom stereocenters. The van der Waals surface area contributed by atoms with Gasteiger partial charge in [0.25, 0.3) is 0 Å². The van der Waals surface area contributed by atoms with Crippen LogP contribution in [0.2, 0.25) is 0 Å². The maximum Gasteiger partial charge on any atom is 0.223 e. The van der Waals surface area contributed by atoms with E-state index >= 15 is 0 Å². The first-order chi connectivity index (χ1) is 10.5. The highest BCUT2D eigenvalue weighted by atomic mass is 19.2. The molecule has 2 amide bonds. The Balaban J connectivity index is 2.06. The van der Waals surface area contributed by atoms with Gasteiger partial charge in [0.1, 0.15) is 0 Å². The van der Waals surface area contributed by atoms with Crippen LogP contribution in [-0.4, -0.2) is 29.3 Å². The summed E-state index contributed by atoms with van der Waals surface area (Å²) in [6.45, 7) is 3.84. The Bertz CT molecular complexity index is 590. The van der Waals surface area contributed by atoms with Crippen molar-refractivity contribution < 1.29 is 18.4 Å². The average Bonchev–Trinajstić information content (AvgIpc) is 2.82. The van der Waals surface area contributed by atoms with Gasteiger partial charge < -0.3 is 10.2 Å². The second kappa shape index (κ2) is 7.15. The molecule has 1 unspecified atom stereocenters. The number of amides is 2. The third-order valence-electron chi connectivity index (χ3n) is 3.69. The highest BCUT2D eigenvalue weighted by molar-refractivity contribution is 5.82. The van der Waals surface area contributed by atoms with Crippen LogP contribution in [0.15, 0.2) is 30.9 Å². The molecule has 1 heterocycles. The second-order valence-corrected chi connectivity index (χ2v) is 5.22. The van der Waals surface area contributed by atoms with E-state index in [4.69, 9.17) is 0 Å². The van der Waals surface area contributed by atoms with Crippen molar-refractivity contribution in [2.45, 2.75) is 31.8 Å². The molecule has 0 saturated carbocycles. The van der Waals surface area contributed by atoms with Crippen LogP contribution in [0.4, 0.5) is 8.78 Å². The van der Waals surface area contributed by atoms with E-state index in [2.05, 4.69) is 11.9 Å². The zero-order valence-corrected chi connectivity index (χ0v) is 12.1.